The average Bonchev–Trinajstić information content (AvgIpc) is 2.36. The quantitative estimate of drug-likeness (QED) is 0.791. The average molecular weight is 266 g/mol. The summed E-state index contributed by atoms with van der Waals surface area (Å²) in [7, 11) is 0. The predicted molar refractivity (Wildman–Crippen MR) is 79.9 cm³/mol. The standard InChI is InChI=1S/C14H26N4O/c1-6-7-15-13-11(4)14(17-12(5)16-13)18(8-9-19)10(2)3/h10,19H,6-9H2,1-5H3,(H,15,16,17). The van der Waals surface area contributed by atoms with Gasteiger partial charge in [0.15, 0.2) is 0 Å². The molecule has 0 saturated carbocycles. The van der Waals surface area contributed by atoms with Crippen molar-refractivity contribution < 1.29 is 5.11 Å². The number of aromatic nitrogens is 2. The van der Waals surface area contributed by atoms with Crippen LogP contribution in [0.25, 0.3) is 0 Å². The fourth-order valence-corrected chi connectivity index (χ4v) is 2.03. The van der Waals surface area contributed by atoms with Crippen LogP contribution in [-0.2, 0) is 0 Å². The van der Waals surface area contributed by atoms with Crippen molar-refractivity contribution in [2.24, 2.45) is 0 Å². The Morgan fingerprint density at radius 2 is 1.95 bits per heavy atom. The highest BCUT2D eigenvalue weighted by atomic mass is 16.3. The summed E-state index contributed by atoms with van der Waals surface area (Å²) in [6, 6.07) is 0.291. The molecule has 1 rings (SSSR count). The Kier molecular flexibility index (Phi) is 6.02. The molecular weight excluding hydrogens is 240 g/mol. The van der Waals surface area contributed by atoms with Gasteiger partial charge in [0.05, 0.1) is 6.61 Å². The van der Waals surface area contributed by atoms with Gasteiger partial charge in [0.25, 0.3) is 0 Å². The highest BCUT2D eigenvalue weighted by molar-refractivity contribution is 5.59. The maximum Gasteiger partial charge on any atom is 0.137 e. The number of aliphatic hydroxyl groups is 1. The first-order chi connectivity index (χ1) is 9.01. The Labute approximate surface area is 116 Å². The second-order valence-electron chi connectivity index (χ2n) is 5.01. The SMILES string of the molecule is CCCNc1nc(C)nc(N(CCO)C(C)C)c1C. The molecule has 0 bridgehead atoms. The summed E-state index contributed by atoms with van der Waals surface area (Å²) in [5.74, 6) is 2.56. The van der Waals surface area contributed by atoms with Gasteiger partial charge in [-0.05, 0) is 34.1 Å². The molecule has 0 unspecified atom stereocenters. The van der Waals surface area contributed by atoms with E-state index in [1.165, 1.54) is 0 Å². The highest BCUT2D eigenvalue weighted by Gasteiger charge is 2.17. The summed E-state index contributed by atoms with van der Waals surface area (Å²) in [6.07, 6.45) is 1.06. The lowest BCUT2D eigenvalue weighted by atomic mass is 10.2. The van der Waals surface area contributed by atoms with Gasteiger partial charge in [-0.3, -0.25) is 0 Å². The monoisotopic (exact) mass is 266 g/mol. The molecule has 0 aromatic carbocycles. The van der Waals surface area contributed by atoms with Crippen molar-refractivity contribution in [1.29, 1.82) is 0 Å². The van der Waals surface area contributed by atoms with Gasteiger partial charge in [-0.1, -0.05) is 6.92 Å². The Bertz CT molecular complexity index is 407. The third kappa shape index (κ3) is 4.06. The van der Waals surface area contributed by atoms with Gasteiger partial charge in [-0.15, -0.1) is 0 Å². The van der Waals surface area contributed by atoms with E-state index in [9.17, 15) is 5.11 Å². The molecule has 0 spiro atoms. The summed E-state index contributed by atoms with van der Waals surface area (Å²) in [6.45, 7) is 11.9. The van der Waals surface area contributed by atoms with Crippen molar-refractivity contribution in [3.05, 3.63) is 11.4 Å². The van der Waals surface area contributed by atoms with Gasteiger partial charge in [0.1, 0.15) is 17.5 Å². The first kappa shape index (κ1) is 15.7. The van der Waals surface area contributed by atoms with Crippen LogP contribution in [0.1, 0.15) is 38.6 Å². The molecule has 0 radical (unpaired) electrons. The van der Waals surface area contributed by atoms with Crippen molar-refractivity contribution in [2.45, 2.75) is 47.1 Å². The molecule has 1 aromatic rings. The van der Waals surface area contributed by atoms with E-state index in [0.717, 1.165) is 36.0 Å². The molecule has 0 saturated heterocycles. The number of aryl methyl sites for hydroxylation is 1. The van der Waals surface area contributed by atoms with Crippen LogP contribution >= 0.6 is 0 Å². The first-order valence-electron chi connectivity index (χ1n) is 6.97. The molecule has 108 valence electrons. The van der Waals surface area contributed by atoms with Gasteiger partial charge in [-0.2, -0.15) is 0 Å². The number of nitrogens with zero attached hydrogens (tertiary/aromatic N) is 3. The van der Waals surface area contributed by atoms with Crippen LogP contribution in [0, 0.1) is 13.8 Å². The minimum absolute atomic E-state index is 0.123. The molecule has 0 aliphatic rings. The summed E-state index contributed by atoms with van der Waals surface area (Å²) in [5.41, 5.74) is 1.04. The van der Waals surface area contributed by atoms with Crippen molar-refractivity contribution >= 4 is 11.6 Å². The van der Waals surface area contributed by atoms with E-state index < -0.39 is 0 Å². The lowest BCUT2D eigenvalue weighted by molar-refractivity contribution is 0.298. The zero-order chi connectivity index (χ0) is 14.4. The van der Waals surface area contributed by atoms with Gasteiger partial charge >= 0.3 is 0 Å². The third-order valence-electron chi connectivity index (χ3n) is 3.01. The molecule has 19 heavy (non-hydrogen) atoms. The van der Waals surface area contributed by atoms with Crippen molar-refractivity contribution in [2.75, 3.05) is 29.9 Å². The van der Waals surface area contributed by atoms with Crippen LogP contribution in [0.15, 0.2) is 0 Å². The summed E-state index contributed by atoms with van der Waals surface area (Å²) in [4.78, 5) is 11.1. The molecule has 0 fully saturated rings. The topological polar surface area (TPSA) is 61.3 Å². The molecular formula is C14H26N4O. The predicted octanol–water partition coefficient (Wildman–Crippen LogP) is 2.12. The van der Waals surface area contributed by atoms with Crippen molar-refractivity contribution in [3.8, 4) is 0 Å². The number of nitrogens with one attached hydrogen (secondary N) is 1. The zero-order valence-corrected chi connectivity index (χ0v) is 12.7. The van der Waals surface area contributed by atoms with Gasteiger partial charge in [-0.25, -0.2) is 9.97 Å². The number of rotatable bonds is 7. The molecule has 0 aliphatic carbocycles. The fraction of sp³-hybridized carbons (Fsp3) is 0.714. The maximum atomic E-state index is 9.22. The number of hydrogen-bond donors (Lipinski definition) is 2. The molecule has 0 aliphatic heterocycles. The molecule has 0 atom stereocenters. The van der Waals surface area contributed by atoms with Crippen LogP contribution in [0.4, 0.5) is 11.6 Å². The van der Waals surface area contributed by atoms with Crippen LogP contribution in [0.2, 0.25) is 0 Å². The van der Waals surface area contributed by atoms with Crippen molar-refractivity contribution in [1.82, 2.24) is 9.97 Å². The maximum absolute atomic E-state index is 9.22. The van der Waals surface area contributed by atoms with E-state index in [1.807, 2.05) is 13.8 Å². The van der Waals surface area contributed by atoms with Crippen LogP contribution in [-0.4, -0.2) is 40.8 Å². The Balaban J connectivity index is 3.14. The van der Waals surface area contributed by atoms with Gasteiger partial charge < -0.3 is 15.3 Å². The summed E-state index contributed by atoms with van der Waals surface area (Å²) < 4.78 is 0. The molecule has 5 heteroatoms. The largest absolute Gasteiger partial charge is 0.395 e. The Morgan fingerprint density at radius 3 is 2.47 bits per heavy atom. The van der Waals surface area contributed by atoms with Gasteiger partial charge in [0.2, 0.25) is 0 Å². The van der Waals surface area contributed by atoms with E-state index in [-0.39, 0.29) is 6.61 Å². The molecule has 1 heterocycles. The molecule has 1 aromatic heterocycles. The molecule has 5 nitrogen and oxygen atoms in total. The van der Waals surface area contributed by atoms with Crippen LogP contribution in [0.5, 0.6) is 0 Å². The first-order valence-corrected chi connectivity index (χ1v) is 6.97. The summed E-state index contributed by atoms with van der Waals surface area (Å²) in [5, 5.41) is 12.6. The molecule has 2 N–H and O–H groups in total. The molecule has 0 amide bonds. The van der Waals surface area contributed by atoms with E-state index in [4.69, 9.17) is 0 Å². The second kappa shape index (κ2) is 7.28. The lowest BCUT2D eigenvalue weighted by Crippen LogP contribution is -2.35. The zero-order valence-electron chi connectivity index (χ0n) is 12.7. The minimum atomic E-state index is 0.123. The number of hydrogen-bond acceptors (Lipinski definition) is 5. The fourth-order valence-electron chi connectivity index (χ4n) is 2.03. The normalized spacial score (nSPS) is 10.9. The van der Waals surface area contributed by atoms with E-state index in [1.54, 1.807) is 0 Å². The van der Waals surface area contributed by atoms with E-state index in [0.29, 0.717) is 12.6 Å². The van der Waals surface area contributed by atoms with E-state index >= 15 is 0 Å². The second-order valence-corrected chi connectivity index (χ2v) is 5.01. The third-order valence-corrected chi connectivity index (χ3v) is 3.01. The Morgan fingerprint density at radius 1 is 1.26 bits per heavy atom. The van der Waals surface area contributed by atoms with Crippen LogP contribution in [0.3, 0.4) is 0 Å². The number of aliphatic hydroxyl groups excluding tert-OH is 1. The number of anilines is 2. The minimum Gasteiger partial charge on any atom is -0.395 e. The van der Waals surface area contributed by atoms with Gasteiger partial charge in [0, 0.05) is 24.7 Å². The van der Waals surface area contributed by atoms with E-state index in [2.05, 4.69) is 41.0 Å². The lowest BCUT2D eigenvalue weighted by Gasteiger charge is -2.29. The highest BCUT2D eigenvalue weighted by Crippen LogP contribution is 2.24. The summed E-state index contributed by atoms with van der Waals surface area (Å²) >= 11 is 0. The van der Waals surface area contributed by atoms with Crippen LogP contribution < -0.4 is 10.2 Å². The smallest absolute Gasteiger partial charge is 0.137 e. The van der Waals surface area contributed by atoms with Crippen molar-refractivity contribution in [3.63, 3.8) is 0 Å². The Hall–Kier alpha value is -1.36.